The molecule has 1 aromatic heterocycles. The summed E-state index contributed by atoms with van der Waals surface area (Å²) in [6.45, 7) is 3.17. The van der Waals surface area contributed by atoms with Crippen LogP contribution in [0.15, 0.2) is 35.5 Å². The highest BCUT2D eigenvalue weighted by Crippen LogP contribution is 2.25. The van der Waals surface area contributed by atoms with Gasteiger partial charge in [0.05, 0.1) is 16.8 Å². The van der Waals surface area contributed by atoms with Crippen molar-refractivity contribution in [2.45, 2.75) is 24.8 Å². The number of likely N-dealkylation sites (tertiary alicyclic amines) is 1. The standard InChI is InChI=1S/C20H21F2N3O2S/c1-12-5-8-25(9-6-12)20(27)14-10-17(16(22)11-15(14)21)24-18(26)13-4-3-7-23-19(13)28-2/h3-4,7,10-12H,5-6,8-9H2,1-2H3,(H,24,26). The molecule has 1 aromatic carbocycles. The summed E-state index contributed by atoms with van der Waals surface area (Å²) in [4.78, 5) is 30.9. The third-order valence-corrected chi connectivity index (χ3v) is 5.53. The van der Waals surface area contributed by atoms with Gasteiger partial charge < -0.3 is 10.2 Å². The second kappa shape index (κ2) is 8.68. The van der Waals surface area contributed by atoms with E-state index in [0.717, 1.165) is 18.9 Å². The molecule has 1 N–H and O–H groups in total. The van der Waals surface area contributed by atoms with Crippen molar-refractivity contribution in [2.24, 2.45) is 5.92 Å². The van der Waals surface area contributed by atoms with Crippen LogP contribution in [0.3, 0.4) is 0 Å². The van der Waals surface area contributed by atoms with Gasteiger partial charge in [0, 0.05) is 25.4 Å². The molecule has 0 aliphatic carbocycles. The smallest absolute Gasteiger partial charge is 0.258 e. The van der Waals surface area contributed by atoms with Gasteiger partial charge >= 0.3 is 0 Å². The zero-order valence-corrected chi connectivity index (χ0v) is 16.5. The first-order chi connectivity index (χ1) is 13.4. The minimum atomic E-state index is -0.941. The van der Waals surface area contributed by atoms with Gasteiger partial charge in [-0.1, -0.05) is 6.92 Å². The lowest BCUT2D eigenvalue weighted by atomic mass is 9.98. The van der Waals surface area contributed by atoms with E-state index in [1.807, 2.05) is 0 Å². The van der Waals surface area contributed by atoms with Gasteiger partial charge in [-0.2, -0.15) is 0 Å². The third-order valence-electron chi connectivity index (χ3n) is 4.82. The normalized spacial score (nSPS) is 14.8. The molecule has 2 amide bonds. The highest BCUT2D eigenvalue weighted by Gasteiger charge is 2.25. The molecule has 1 aliphatic rings. The van der Waals surface area contributed by atoms with Crippen LogP contribution in [0.1, 0.15) is 40.5 Å². The van der Waals surface area contributed by atoms with Crippen LogP contribution in [-0.2, 0) is 0 Å². The van der Waals surface area contributed by atoms with Gasteiger partial charge in [-0.05, 0) is 43.2 Å². The lowest BCUT2D eigenvalue weighted by molar-refractivity contribution is 0.0692. The van der Waals surface area contributed by atoms with E-state index in [1.54, 1.807) is 29.5 Å². The number of hydrogen-bond acceptors (Lipinski definition) is 4. The van der Waals surface area contributed by atoms with Gasteiger partial charge in [-0.15, -0.1) is 11.8 Å². The van der Waals surface area contributed by atoms with Crippen molar-refractivity contribution < 1.29 is 18.4 Å². The number of thioether (sulfide) groups is 1. The minimum Gasteiger partial charge on any atom is -0.339 e. The van der Waals surface area contributed by atoms with Crippen molar-refractivity contribution in [2.75, 3.05) is 24.7 Å². The molecule has 8 heteroatoms. The summed E-state index contributed by atoms with van der Waals surface area (Å²) in [5.74, 6) is -2.43. The number of piperidine rings is 1. The number of anilines is 1. The predicted molar refractivity (Wildman–Crippen MR) is 105 cm³/mol. The van der Waals surface area contributed by atoms with Gasteiger partial charge in [0.15, 0.2) is 0 Å². The van der Waals surface area contributed by atoms with Crippen LogP contribution in [0.2, 0.25) is 0 Å². The largest absolute Gasteiger partial charge is 0.339 e. The molecule has 2 heterocycles. The third kappa shape index (κ3) is 4.32. The molecule has 1 saturated heterocycles. The molecule has 3 rings (SSSR count). The van der Waals surface area contributed by atoms with Gasteiger partial charge in [-0.3, -0.25) is 9.59 Å². The monoisotopic (exact) mass is 405 g/mol. The summed E-state index contributed by atoms with van der Waals surface area (Å²) in [6.07, 6.45) is 5.01. The number of nitrogens with one attached hydrogen (secondary N) is 1. The first-order valence-corrected chi connectivity index (χ1v) is 10.2. The number of benzene rings is 1. The van der Waals surface area contributed by atoms with E-state index in [-0.39, 0.29) is 16.8 Å². The average molecular weight is 405 g/mol. The average Bonchev–Trinajstić information content (AvgIpc) is 2.70. The first-order valence-electron chi connectivity index (χ1n) is 8.99. The molecule has 28 heavy (non-hydrogen) atoms. The van der Waals surface area contributed by atoms with Crippen molar-refractivity contribution >= 4 is 29.3 Å². The number of hydrogen-bond donors (Lipinski definition) is 1. The first kappa shape index (κ1) is 20.3. The lowest BCUT2D eigenvalue weighted by Crippen LogP contribution is -2.38. The fraction of sp³-hybridized carbons (Fsp3) is 0.350. The quantitative estimate of drug-likeness (QED) is 0.775. The molecule has 0 atom stereocenters. The molecular weight excluding hydrogens is 384 g/mol. The Hall–Kier alpha value is -2.48. The fourth-order valence-electron chi connectivity index (χ4n) is 3.11. The molecular formula is C20H21F2N3O2S. The summed E-state index contributed by atoms with van der Waals surface area (Å²) < 4.78 is 28.5. The predicted octanol–water partition coefficient (Wildman–Crippen LogP) is 4.21. The minimum absolute atomic E-state index is 0.240. The maximum Gasteiger partial charge on any atom is 0.258 e. The SMILES string of the molecule is CSc1ncccc1C(=O)Nc1cc(C(=O)N2CCC(C)CC2)c(F)cc1F. The Morgan fingerprint density at radius 2 is 1.89 bits per heavy atom. The van der Waals surface area contributed by atoms with Gasteiger partial charge in [-0.25, -0.2) is 13.8 Å². The number of carbonyl (C=O) groups is 2. The summed E-state index contributed by atoms with van der Waals surface area (Å²) in [5, 5.41) is 2.92. The number of amides is 2. The summed E-state index contributed by atoms with van der Waals surface area (Å²) in [5.41, 5.74) is -0.213. The molecule has 5 nitrogen and oxygen atoms in total. The van der Waals surface area contributed by atoms with Crippen LogP contribution in [0.4, 0.5) is 14.5 Å². The van der Waals surface area contributed by atoms with Crippen LogP contribution < -0.4 is 5.32 Å². The zero-order chi connectivity index (χ0) is 20.3. The number of aromatic nitrogens is 1. The van der Waals surface area contributed by atoms with E-state index < -0.39 is 23.4 Å². The topological polar surface area (TPSA) is 62.3 Å². The van der Waals surface area contributed by atoms with Crippen molar-refractivity contribution in [1.29, 1.82) is 0 Å². The number of rotatable bonds is 4. The van der Waals surface area contributed by atoms with Gasteiger partial charge in [0.25, 0.3) is 11.8 Å². The Bertz CT molecular complexity index is 899. The highest BCUT2D eigenvalue weighted by molar-refractivity contribution is 7.98. The Balaban J connectivity index is 1.85. The van der Waals surface area contributed by atoms with Gasteiger partial charge in [0.2, 0.25) is 0 Å². The Kier molecular flexibility index (Phi) is 6.28. The molecule has 2 aromatic rings. The molecule has 148 valence electrons. The van der Waals surface area contributed by atoms with Crippen molar-refractivity contribution in [3.05, 3.63) is 53.2 Å². The Labute approximate surface area is 166 Å². The highest BCUT2D eigenvalue weighted by atomic mass is 32.2. The van der Waals surface area contributed by atoms with Crippen LogP contribution in [0, 0.1) is 17.6 Å². The van der Waals surface area contributed by atoms with Crippen molar-refractivity contribution in [1.82, 2.24) is 9.88 Å². The molecule has 0 saturated carbocycles. The van der Waals surface area contributed by atoms with E-state index >= 15 is 0 Å². The number of halogens is 2. The summed E-state index contributed by atoms with van der Waals surface area (Å²) in [7, 11) is 0. The number of carbonyl (C=O) groups excluding carboxylic acids is 2. The molecule has 0 spiro atoms. The summed E-state index contributed by atoms with van der Waals surface area (Å²) >= 11 is 1.28. The van der Waals surface area contributed by atoms with E-state index in [2.05, 4.69) is 17.2 Å². The second-order valence-corrected chi connectivity index (χ2v) is 7.60. The number of pyridine rings is 1. The van der Waals surface area contributed by atoms with Crippen LogP contribution in [-0.4, -0.2) is 41.0 Å². The second-order valence-electron chi connectivity index (χ2n) is 6.80. The van der Waals surface area contributed by atoms with Crippen molar-refractivity contribution in [3.8, 4) is 0 Å². The van der Waals surface area contributed by atoms with Gasteiger partial charge in [0.1, 0.15) is 16.7 Å². The fourth-order valence-corrected chi connectivity index (χ4v) is 3.65. The van der Waals surface area contributed by atoms with E-state index in [4.69, 9.17) is 0 Å². The Morgan fingerprint density at radius 1 is 1.18 bits per heavy atom. The maximum atomic E-state index is 14.3. The van der Waals surface area contributed by atoms with Crippen molar-refractivity contribution in [3.63, 3.8) is 0 Å². The molecule has 1 aliphatic heterocycles. The molecule has 0 bridgehead atoms. The van der Waals surface area contributed by atoms with Crippen LogP contribution >= 0.6 is 11.8 Å². The van der Waals surface area contributed by atoms with Crippen LogP contribution in [0.25, 0.3) is 0 Å². The number of nitrogens with zero attached hydrogens (tertiary/aromatic N) is 2. The van der Waals surface area contributed by atoms with E-state index in [1.165, 1.54) is 11.8 Å². The summed E-state index contributed by atoms with van der Waals surface area (Å²) in [6, 6.07) is 4.87. The molecule has 1 fully saturated rings. The Morgan fingerprint density at radius 3 is 2.57 bits per heavy atom. The lowest BCUT2D eigenvalue weighted by Gasteiger charge is -2.30. The van der Waals surface area contributed by atoms with Crippen LogP contribution in [0.5, 0.6) is 0 Å². The molecule has 0 unspecified atom stereocenters. The van der Waals surface area contributed by atoms with E-state index in [0.29, 0.717) is 30.1 Å². The maximum absolute atomic E-state index is 14.3. The van der Waals surface area contributed by atoms with E-state index in [9.17, 15) is 18.4 Å². The zero-order valence-electron chi connectivity index (χ0n) is 15.7. The molecule has 0 radical (unpaired) electrons.